The second-order valence-corrected chi connectivity index (χ2v) is 8.41. The van der Waals surface area contributed by atoms with Crippen LogP contribution in [0.5, 0.6) is 0 Å². The summed E-state index contributed by atoms with van der Waals surface area (Å²) in [5.41, 5.74) is -2.05. The number of hydrogen-bond acceptors (Lipinski definition) is 8. The lowest BCUT2D eigenvalue weighted by Gasteiger charge is -2.31. The molecule has 0 aliphatic carbocycles. The number of alkyl carbamates (subject to hydrolysis) is 1. The molecule has 0 aliphatic heterocycles. The zero-order chi connectivity index (χ0) is 25.4. The summed E-state index contributed by atoms with van der Waals surface area (Å²) in [4.78, 5) is 51.0. The molecule has 9 heteroatoms. The zero-order valence-electron chi connectivity index (χ0n) is 19.9. The van der Waals surface area contributed by atoms with Crippen molar-refractivity contribution in [3.8, 4) is 0 Å². The molecular weight excluding hydrogens is 442 g/mol. The Morgan fingerprint density at radius 3 is 1.94 bits per heavy atom. The molecule has 9 nitrogen and oxygen atoms in total. The maximum absolute atomic E-state index is 12.8. The molecule has 0 aromatic heterocycles. The van der Waals surface area contributed by atoms with Gasteiger partial charge in [-0.2, -0.15) is 0 Å². The first kappa shape index (κ1) is 26.4. The highest BCUT2D eigenvalue weighted by molar-refractivity contribution is 6.08. The number of rotatable bonds is 8. The molecule has 2 aromatic rings. The van der Waals surface area contributed by atoms with Crippen LogP contribution in [0.15, 0.2) is 54.6 Å². The molecule has 0 unspecified atom stereocenters. The number of ether oxygens (including phenoxy) is 4. The summed E-state index contributed by atoms with van der Waals surface area (Å²) < 4.78 is 20.3. The van der Waals surface area contributed by atoms with Gasteiger partial charge in [0.2, 0.25) is 5.54 Å². The largest absolute Gasteiger partial charge is 0.467 e. The normalized spacial score (nSPS) is 11.2. The van der Waals surface area contributed by atoms with Crippen LogP contribution in [-0.2, 0) is 41.6 Å². The zero-order valence-corrected chi connectivity index (χ0v) is 19.9. The minimum atomic E-state index is -2.30. The highest BCUT2D eigenvalue weighted by Crippen LogP contribution is 2.23. The van der Waals surface area contributed by atoms with Gasteiger partial charge in [-0.3, -0.25) is 5.32 Å². The van der Waals surface area contributed by atoms with E-state index in [0.717, 1.165) is 19.8 Å². The summed E-state index contributed by atoms with van der Waals surface area (Å²) in [5.74, 6) is -2.84. The standard InChI is InChI=1S/C25H29NO8/c1-24(2,3)34-23(30)26-25(21(28)31-4,22(29)32-5)15-18-13-9-10-14-19(18)20(27)33-16-17-11-7-6-8-12-17/h6-14H,15-16H2,1-5H3,(H,26,30). The molecule has 0 saturated heterocycles. The molecule has 0 bridgehead atoms. The third-order valence-electron chi connectivity index (χ3n) is 4.69. The fraction of sp³-hybridized carbons (Fsp3) is 0.360. The van der Waals surface area contributed by atoms with E-state index in [-0.39, 0.29) is 17.7 Å². The molecule has 0 radical (unpaired) electrons. The molecule has 0 spiro atoms. The van der Waals surface area contributed by atoms with Crippen LogP contribution < -0.4 is 5.32 Å². The average Bonchev–Trinajstić information content (AvgIpc) is 2.80. The second kappa shape index (κ2) is 11.3. The maximum atomic E-state index is 12.8. The third kappa shape index (κ3) is 6.81. The van der Waals surface area contributed by atoms with Crippen molar-refractivity contribution >= 4 is 24.0 Å². The molecule has 0 fully saturated rings. The second-order valence-electron chi connectivity index (χ2n) is 8.41. The Labute approximate surface area is 198 Å². The van der Waals surface area contributed by atoms with Crippen molar-refractivity contribution in [3.05, 3.63) is 71.3 Å². The van der Waals surface area contributed by atoms with E-state index in [1.807, 2.05) is 30.3 Å². The van der Waals surface area contributed by atoms with E-state index in [1.54, 1.807) is 32.9 Å². The Hall–Kier alpha value is -3.88. The average molecular weight is 472 g/mol. The van der Waals surface area contributed by atoms with Gasteiger partial charge in [-0.05, 0) is 38.0 Å². The summed E-state index contributed by atoms with van der Waals surface area (Å²) in [6, 6.07) is 15.4. The van der Waals surface area contributed by atoms with Crippen LogP contribution in [-0.4, -0.2) is 49.4 Å². The van der Waals surface area contributed by atoms with Crippen LogP contribution in [0.25, 0.3) is 0 Å². The predicted molar refractivity (Wildman–Crippen MR) is 122 cm³/mol. The van der Waals surface area contributed by atoms with E-state index < -0.39 is 41.6 Å². The molecule has 1 N–H and O–H groups in total. The number of methoxy groups -OCH3 is 2. The van der Waals surface area contributed by atoms with Crippen molar-refractivity contribution in [3.63, 3.8) is 0 Å². The summed E-state index contributed by atoms with van der Waals surface area (Å²) >= 11 is 0. The van der Waals surface area contributed by atoms with Gasteiger partial charge in [0.05, 0.1) is 19.8 Å². The van der Waals surface area contributed by atoms with Gasteiger partial charge in [0.25, 0.3) is 0 Å². The van der Waals surface area contributed by atoms with Crippen molar-refractivity contribution < 1.29 is 38.1 Å². The lowest BCUT2D eigenvalue weighted by molar-refractivity contribution is -0.163. The molecule has 0 heterocycles. The topological polar surface area (TPSA) is 117 Å². The van der Waals surface area contributed by atoms with Gasteiger partial charge >= 0.3 is 24.0 Å². The van der Waals surface area contributed by atoms with Gasteiger partial charge in [-0.15, -0.1) is 0 Å². The Morgan fingerprint density at radius 1 is 0.824 bits per heavy atom. The molecule has 1 amide bonds. The molecule has 0 atom stereocenters. The van der Waals surface area contributed by atoms with E-state index in [4.69, 9.17) is 18.9 Å². The summed E-state index contributed by atoms with van der Waals surface area (Å²) in [6.07, 6.45) is -1.48. The first-order valence-corrected chi connectivity index (χ1v) is 10.5. The quantitative estimate of drug-likeness (QED) is 0.354. The van der Waals surface area contributed by atoms with Crippen molar-refractivity contribution in [2.45, 2.75) is 44.9 Å². The first-order chi connectivity index (χ1) is 16.0. The summed E-state index contributed by atoms with van der Waals surface area (Å²) in [7, 11) is 2.13. The van der Waals surface area contributed by atoms with Crippen LogP contribution >= 0.6 is 0 Å². The van der Waals surface area contributed by atoms with Crippen molar-refractivity contribution in [1.29, 1.82) is 0 Å². The van der Waals surface area contributed by atoms with Crippen LogP contribution in [0.3, 0.4) is 0 Å². The molecular formula is C25H29NO8. The highest BCUT2D eigenvalue weighted by atomic mass is 16.6. The smallest absolute Gasteiger partial charge is 0.409 e. The van der Waals surface area contributed by atoms with Crippen molar-refractivity contribution in [1.82, 2.24) is 5.32 Å². The monoisotopic (exact) mass is 471 g/mol. The van der Waals surface area contributed by atoms with Crippen LogP contribution in [0, 0.1) is 0 Å². The molecule has 0 saturated carbocycles. The fourth-order valence-corrected chi connectivity index (χ4v) is 3.16. The number of hydrogen-bond donors (Lipinski definition) is 1. The Kier molecular flexibility index (Phi) is 8.77. The van der Waals surface area contributed by atoms with E-state index in [2.05, 4.69) is 5.32 Å². The highest BCUT2D eigenvalue weighted by Gasteiger charge is 2.51. The predicted octanol–water partition coefficient (Wildman–Crippen LogP) is 3.20. The van der Waals surface area contributed by atoms with Crippen molar-refractivity contribution in [2.24, 2.45) is 0 Å². The maximum Gasteiger partial charge on any atom is 0.409 e. The number of benzene rings is 2. The van der Waals surface area contributed by atoms with E-state index in [9.17, 15) is 19.2 Å². The van der Waals surface area contributed by atoms with Gasteiger partial charge in [-0.1, -0.05) is 48.5 Å². The van der Waals surface area contributed by atoms with Crippen molar-refractivity contribution in [2.75, 3.05) is 14.2 Å². The minimum Gasteiger partial charge on any atom is -0.467 e. The molecule has 182 valence electrons. The molecule has 0 aliphatic rings. The lowest BCUT2D eigenvalue weighted by atomic mass is 9.88. The molecule has 34 heavy (non-hydrogen) atoms. The SMILES string of the molecule is COC(=O)C(Cc1ccccc1C(=O)OCc1ccccc1)(NC(=O)OC(C)(C)C)C(=O)OC. The van der Waals surface area contributed by atoms with Crippen LogP contribution in [0.4, 0.5) is 4.79 Å². The van der Waals surface area contributed by atoms with E-state index in [1.165, 1.54) is 12.1 Å². The Morgan fingerprint density at radius 2 is 1.38 bits per heavy atom. The number of nitrogens with one attached hydrogen (secondary N) is 1. The van der Waals surface area contributed by atoms with Gasteiger partial charge in [-0.25, -0.2) is 19.2 Å². The number of carbonyl (C=O) groups is 4. The Bertz CT molecular complexity index is 1010. The Balaban J connectivity index is 2.40. The lowest BCUT2D eigenvalue weighted by Crippen LogP contribution is -2.63. The van der Waals surface area contributed by atoms with Crippen LogP contribution in [0.1, 0.15) is 42.3 Å². The van der Waals surface area contributed by atoms with Crippen LogP contribution in [0.2, 0.25) is 0 Å². The van der Waals surface area contributed by atoms with E-state index in [0.29, 0.717) is 0 Å². The molecule has 2 aromatic carbocycles. The summed E-state index contributed by atoms with van der Waals surface area (Å²) in [5, 5.41) is 2.30. The van der Waals surface area contributed by atoms with Gasteiger partial charge in [0.1, 0.15) is 12.2 Å². The van der Waals surface area contributed by atoms with Gasteiger partial charge < -0.3 is 18.9 Å². The summed E-state index contributed by atoms with van der Waals surface area (Å²) in [6.45, 7) is 4.91. The molecule has 2 rings (SSSR count). The van der Waals surface area contributed by atoms with Gasteiger partial charge in [0.15, 0.2) is 0 Å². The van der Waals surface area contributed by atoms with E-state index >= 15 is 0 Å². The van der Waals surface area contributed by atoms with Gasteiger partial charge in [0, 0.05) is 6.42 Å². The third-order valence-corrected chi connectivity index (χ3v) is 4.69. The number of esters is 3. The fourth-order valence-electron chi connectivity index (χ4n) is 3.16. The number of carbonyl (C=O) groups excluding carboxylic acids is 4. The first-order valence-electron chi connectivity index (χ1n) is 10.5. The minimum absolute atomic E-state index is 0.0311. The number of amides is 1.